The fraction of sp³-hybridized carbons (Fsp3) is 0.500. The molecule has 0 spiro atoms. The monoisotopic (exact) mass is 158 g/mol. The zero-order chi connectivity index (χ0) is 7.23. The summed E-state index contributed by atoms with van der Waals surface area (Å²) in [4.78, 5) is 0. The van der Waals surface area contributed by atoms with Crippen LogP contribution in [0.25, 0.3) is 0 Å². The first kappa shape index (κ1) is 7.83. The third-order valence-corrected chi connectivity index (χ3v) is 1.50. The Labute approximate surface area is 66.3 Å². The van der Waals surface area contributed by atoms with Gasteiger partial charge in [-0.2, -0.15) is 0 Å². The third kappa shape index (κ3) is 2.54. The van der Waals surface area contributed by atoms with Crippen LogP contribution in [0, 0.1) is 0 Å². The highest BCUT2D eigenvalue weighted by atomic mass is 35.5. The topological polar surface area (TPSA) is 9.23 Å². The zero-order valence-electron chi connectivity index (χ0n) is 5.79. The summed E-state index contributed by atoms with van der Waals surface area (Å²) in [6.07, 6.45) is 9.41. The average molecular weight is 159 g/mol. The molecule has 10 heavy (non-hydrogen) atoms. The fourth-order valence-corrected chi connectivity index (χ4v) is 0.967. The van der Waals surface area contributed by atoms with Crippen LogP contribution >= 0.6 is 11.6 Å². The molecule has 0 aromatic rings. The van der Waals surface area contributed by atoms with Gasteiger partial charge in [-0.15, -0.1) is 11.6 Å². The number of hydrogen-bond donors (Lipinski definition) is 0. The predicted octanol–water partition coefficient (Wildman–Crippen LogP) is 2.13. The summed E-state index contributed by atoms with van der Waals surface area (Å²) in [5.74, 6) is 0.577. The van der Waals surface area contributed by atoms with Crippen LogP contribution < -0.4 is 0 Å². The second-order valence-electron chi connectivity index (χ2n) is 2.15. The van der Waals surface area contributed by atoms with Crippen LogP contribution in [0.1, 0.15) is 6.42 Å². The SMILES string of the molecule is ClCCO[C@@H]1C=CC=CC1. The van der Waals surface area contributed by atoms with Crippen LogP contribution in [0.2, 0.25) is 0 Å². The summed E-state index contributed by atoms with van der Waals surface area (Å²) in [7, 11) is 0. The summed E-state index contributed by atoms with van der Waals surface area (Å²) >= 11 is 5.45. The van der Waals surface area contributed by atoms with Gasteiger partial charge in [-0.25, -0.2) is 0 Å². The van der Waals surface area contributed by atoms with Crippen LogP contribution in [0.4, 0.5) is 0 Å². The molecular formula is C8H11ClO. The van der Waals surface area contributed by atoms with E-state index in [4.69, 9.17) is 16.3 Å². The number of alkyl halides is 1. The molecule has 0 aliphatic heterocycles. The lowest BCUT2D eigenvalue weighted by Gasteiger charge is -2.12. The summed E-state index contributed by atoms with van der Waals surface area (Å²) < 4.78 is 5.36. The van der Waals surface area contributed by atoms with E-state index < -0.39 is 0 Å². The fourth-order valence-electron chi connectivity index (χ4n) is 0.877. The molecule has 0 aromatic carbocycles. The van der Waals surface area contributed by atoms with Crippen LogP contribution in [0.15, 0.2) is 24.3 Å². The van der Waals surface area contributed by atoms with Crippen LogP contribution in [0.3, 0.4) is 0 Å². The Hall–Kier alpha value is -0.270. The van der Waals surface area contributed by atoms with Crippen molar-refractivity contribution in [2.45, 2.75) is 12.5 Å². The van der Waals surface area contributed by atoms with Crippen molar-refractivity contribution in [2.24, 2.45) is 0 Å². The Morgan fingerprint density at radius 1 is 1.50 bits per heavy atom. The lowest BCUT2D eigenvalue weighted by Crippen LogP contribution is -2.11. The normalized spacial score (nSPS) is 23.5. The lowest BCUT2D eigenvalue weighted by molar-refractivity contribution is 0.0993. The van der Waals surface area contributed by atoms with Crippen molar-refractivity contribution in [1.82, 2.24) is 0 Å². The number of rotatable bonds is 3. The van der Waals surface area contributed by atoms with E-state index in [1.54, 1.807) is 0 Å². The maximum absolute atomic E-state index is 5.45. The molecule has 0 heterocycles. The molecule has 1 atom stereocenters. The Morgan fingerprint density at radius 2 is 2.40 bits per heavy atom. The summed E-state index contributed by atoms with van der Waals surface area (Å²) in [6, 6.07) is 0. The first-order valence-corrected chi connectivity index (χ1v) is 3.98. The van der Waals surface area contributed by atoms with E-state index >= 15 is 0 Å². The van der Waals surface area contributed by atoms with Crippen LogP contribution in [-0.4, -0.2) is 18.6 Å². The van der Waals surface area contributed by atoms with Crippen molar-refractivity contribution >= 4 is 11.6 Å². The molecule has 0 amide bonds. The number of allylic oxidation sites excluding steroid dienone is 2. The molecule has 0 saturated heterocycles. The molecule has 2 heteroatoms. The molecule has 1 aliphatic rings. The second-order valence-corrected chi connectivity index (χ2v) is 2.52. The van der Waals surface area contributed by atoms with Gasteiger partial charge in [0.1, 0.15) is 0 Å². The molecule has 0 unspecified atom stereocenters. The minimum atomic E-state index is 0.253. The third-order valence-electron chi connectivity index (χ3n) is 1.35. The molecular weight excluding hydrogens is 148 g/mol. The van der Waals surface area contributed by atoms with E-state index in [2.05, 4.69) is 6.08 Å². The van der Waals surface area contributed by atoms with Gasteiger partial charge < -0.3 is 4.74 Å². The quantitative estimate of drug-likeness (QED) is 0.572. The van der Waals surface area contributed by atoms with Gasteiger partial charge in [0.2, 0.25) is 0 Å². The first-order valence-electron chi connectivity index (χ1n) is 3.44. The maximum Gasteiger partial charge on any atom is 0.0793 e. The van der Waals surface area contributed by atoms with E-state index in [9.17, 15) is 0 Å². The standard InChI is InChI=1S/C8H11ClO/c9-6-7-10-8-4-2-1-3-5-8/h1-4,8H,5-7H2/t8-/m1/s1. The van der Waals surface area contributed by atoms with Crippen molar-refractivity contribution in [3.63, 3.8) is 0 Å². The van der Waals surface area contributed by atoms with E-state index in [1.165, 1.54) is 0 Å². The molecule has 56 valence electrons. The largest absolute Gasteiger partial charge is 0.373 e. The van der Waals surface area contributed by atoms with Crippen molar-refractivity contribution < 1.29 is 4.74 Å². The van der Waals surface area contributed by atoms with Gasteiger partial charge >= 0.3 is 0 Å². The van der Waals surface area contributed by atoms with Gasteiger partial charge in [0.05, 0.1) is 12.7 Å². The predicted molar refractivity (Wildman–Crippen MR) is 43.4 cm³/mol. The van der Waals surface area contributed by atoms with Crippen LogP contribution in [-0.2, 0) is 4.74 Å². The van der Waals surface area contributed by atoms with Gasteiger partial charge in [-0.05, 0) is 6.42 Å². The first-order chi connectivity index (χ1) is 4.93. The van der Waals surface area contributed by atoms with Gasteiger partial charge in [0, 0.05) is 5.88 Å². The molecule has 0 saturated carbocycles. The number of halogens is 1. The summed E-state index contributed by atoms with van der Waals surface area (Å²) in [5.41, 5.74) is 0. The smallest absolute Gasteiger partial charge is 0.0793 e. The lowest BCUT2D eigenvalue weighted by atomic mass is 10.1. The Bertz CT molecular complexity index is 140. The zero-order valence-corrected chi connectivity index (χ0v) is 6.55. The molecule has 0 N–H and O–H groups in total. The van der Waals surface area contributed by atoms with Gasteiger partial charge in [-0.3, -0.25) is 0 Å². The molecule has 0 fully saturated rings. The van der Waals surface area contributed by atoms with E-state index in [1.807, 2.05) is 18.2 Å². The van der Waals surface area contributed by atoms with Crippen molar-refractivity contribution in [3.05, 3.63) is 24.3 Å². The number of hydrogen-bond acceptors (Lipinski definition) is 1. The van der Waals surface area contributed by atoms with Gasteiger partial charge in [-0.1, -0.05) is 24.3 Å². The van der Waals surface area contributed by atoms with Crippen molar-refractivity contribution in [3.8, 4) is 0 Å². The number of ether oxygens (including phenoxy) is 1. The maximum atomic E-state index is 5.45. The Kier molecular flexibility index (Phi) is 3.55. The highest BCUT2D eigenvalue weighted by molar-refractivity contribution is 6.17. The van der Waals surface area contributed by atoms with Crippen molar-refractivity contribution in [1.29, 1.82) is 0 Å². The minimum Gasteiger partial charge on any atom is -0.373 e. The Morgan fingerprint density at radius 3 is 3.00 bits per heavy atom. The minimum absolute atomic E-state index is 0.253. The van der Waals surface area contributed by atoms with Crippen molar-refractivity contribution in [2.75, 3.05) is 12.5 Å². The molecule has 1 nitrogen and oxygen atoms in total. The Balaban J connectivity index is 2.17. The molecule has 0 aromatic heterocycles. The van der Waals surface area contributed by atoms with E-state index in [0.29, 0.717) is 12.5 Å². The second kappa shape index (κ2) is 4.53. The molecule has 0 radical (unpaired) electrons. The summed E-state index contributed by atoms with van der Waals surface area (Å²) in [5, 5.41) is 0. The molecule has 1 aliphatic carbocycles. The highest BCUT2D eigenvalue weighted by Gasteiger charge is 2.02. The molecule has 0 bridgehead atoms. The van der Waals surface area contributed by atoms with Gasteiger partial charge in [0.15, 0.2) is 0 Å². The molecule has 1 rings (SSSR count). The van der Waals surface area contributed by atoms with E-state index in [-0.39, 0.29) is 6.10 Å². The van der Waals surface area contributed by atoms with Crippen LogP contribution in [0.5, 0.6) is 0 Å². The highest BCUT2D eigenvalue weighted by Crippen LogP contribution is 2.06. The van der Waals surface area contributed by atoms with E-state index in [0.717, 1.165) is 6.42 Å². The average Bonchev–Trinajstić information content (AvgIpc) is 2.03. The summed E-state index contributed by atoms with van der Waals surface area (Å²) in [6.45, 7) is 0.643. The van der Waals surface area contributed by atoms with Gasteiger partial charge in [0.25, 0.3) is 0 Å².